The molecule has 0 radical (unpaired) electrons. The molecular weight excluding hydrogens is 427 g/mol. The van der Waals surface area contributed by atoms with Gasteiger partial charge in [-0.3, -0.25) is 4.79 Å². The van der Waals surface area contributed by atoms with Crippen molar-refractivity contribution in [2.75, 3.05) is 26.9 Å². The van der Waals surface area contributed by atoms with Crippen molar-refractivity contribution in [1.82, 2.24) is 10.0 Å². The predicted molar refractivity (Wildman–Crippen MR) is 107 cm³/mol. The van der Waals surface area contributed by atoms with E-state index in [1.807, 2.05) is 0 Å². The van der Waals surface area contributed by atoms with Crippen molar-refractivity contribution < 1.29 is 22.7 Å². The van der Waals surface area contributed by atoms with Gasteiger partial charge in [0, 0.05) is 25.2 Å². The Morgan fingerprint density at radius 3 is 2.46 bits per heavy atom. The number of ether oxygens (including phenoxy) is 2. The second kappa shape index (κ2) is 10.6. The molecule has 10 heteroatoms. The zero-order valence-corrected chi connectivity index (χ0v) is 17.4. The largest absolute Gasteiger partial charge is 0.482 e. The first-order chi connectivity index (χ1) is 13.3. The first-order valence-corrected chi connectivity index (χ1v) is 10.5. The summed E-state index contributed by atoms with van der Waals surface area (Å²) < 4.78 is 36.8. The van der Waals surface area contributed by atoms with E-state index >= 15 is 0 Å². The van der Waals surface area contributed by atoms with Crippen LogP contribution >= 0.6 is 23.2 Å². The molecule has 0 spiro atoms. The lowest BCUT2D eigenvalue weighted by Gasteiger charge is -2.11. The number of rotatable bonds is 10. The zero-order chi connectivity index (χ0) is 20.6. The maximum Gasteiger partial charge on any atom is 0.258 e. The Morgan fingerprint density at radius 1 is 1.11 bits per heavy atom. The summed E-state index contributed by atoms with van der Waals surface area (Å²) in [5, 5.41) is 3.41. The lowest BCUT2D eigenvalue weighted by molar-refractivity contribution is -0.123. The Balaban J connectivity index is 1.88. The van der Waals surface area contributed by atoms with Crippen molar-refractivity contribution in [3.63, 3.8) is 0 Å². The van der Waals surface area contributed by atoms with Gasteiger partial charge < -0.3 is 14.8 Å². The van der Waals surface area contributed by atoms with Gasteiger partial charge >= 0.3 is 0 Å². The Labute approximate surface area is 174 Å². The van der Waals surface area contributed by atoms with Crippen molar-refractivity contribution in [2.24, 2.45) is 0 Å². The van der Waals surface area contributed by atoms with Gasteiger partial charge in [-0.1, -0.05) is 35.3 Å². The summed E-state index contributed by atoms with van der Waals surface area (Å²) in [6.07, 6.45) is 0. The molecule has 2 aromatic carbocycles. The average Bonchev–Trinajstić information content (AvgIpc) is 2.66. The summed E-state index contributed by atoms with van der Waals surface area (Å²) in [5.41, 5.74) is 0.895. The van der Waals surface area contributed by atoms with Crippen LogP contribution in [0.4, 0.5) is 0 Å². The Bertz CT molecular complexity index is 905. The van der Waals surface area contributed by atoms with E-state index in [9.17, 15) is 13.2 Å². The fraction of sp³-hybridized carbons (Fsp3) is 0.278. The first-order valence-electron chi connectivity index (χ1n) is 8.24. The van der Waals surface area contributed by atoms with Crippen molar-refractivity contribution >= 4 is 39.1 Å². The molecule has 0 aliphatic rings. The number of nitrogens with one attached hydrogen (secondary N) is 2. The van der Waals surface area contributed by atoms with Gasteiger partial charge in [0.15, 0.2) is 6.61 Å². The molecule has 0 heterocycles. The van der Waals surface area contributed by atoms with Crippen LogP contribution in [0.5, 0.6) is 5.75 Å². The summed E-state index contributed by atoms with van der Waals surface area (Å²) in [7, 11) is -2.23. The molecule has 0 aliphatic heterocycles. The quantitative estimate of drug-likeness (QED) is 0.547. The predicted octanol–water partition coefficient (Wildman–Crippen LogP) is 2.61. The van der Waals surface area contributed by atoms with E-state index in [-0.39, 0.29) is 41.3 Å². The zero-order valence-electron chi connectivity index (χ0n) is 15.1. The highest BCUT2D eigenvalue weighted by Crippen LogP contribution is 2.27. The van der Waals surface area contributed by atoms with E-state index in [0.29, 0.717) is 11.6 Å². The normalized spacial score (nSPS) is 11.2. The van der Waals surface area contributed by atoms with Gasteiger partial charge in [0.25, 0.3) is 5.91 Å². The standard InChI is InChI=1S/C18H20Cl2N2O5S/c1-26-9-8-22-28(24,25)15-6-7-17(16(20)10-15)27-12-18(23)21-11-13-2-4-14(19)5-3-13/h2-7,10,22H,8-9,11-12H2,1H3,(H,21,23). The van der Waals surface area contributed by atoms with E-state index in [4.69, 9.17) is 32.7 Å². The van der Waals surface area contributed by atoms with Gasteiger partial charge in [-0.05, 0) is 35.9 Å². The topological polar surface area (TPSA) is 93.7 Å². The van der Waals surface area contributed by atoms with Gasteiger partial charge in [0.05, 0.1) is 16.5 Å². The van der Waals surface area contributed by atoms with Crippen LogP contribution in [0.3, 0.4) is 0 Å². The highest BCUT2D eigenvalue weighted by Gasteiger charge is 2.16. The molecular formula is C18H20Cl2N2O5S. The number of methoxy groups -OCH3 is 1. The molecule has 0 saturated heterocycles. The fourth-order valence-corrected chi connectivity index (χ4v) is 3.59. The minimum absolute atomic E-state index is 0.00635. The number of carbonyl (C=O) groups excluding carboxylic acids is 1. The number of hydrogen-bond donors (Lipinski definition) is 2. The molecule has 7 nitrogen and oxygen atoms in total. The van der Waals surface area contributed by atoms with Crippen LogP contribution in [0.25, 0.3) is 0 Å². The maximum atomic E-state index is 12.1. The van der Waals surface area contributed by atoms with E-state index in [0.717, 1.165) is 5.56 Å². The lowest BCUT2D eigenvalue weighted by atomic mass is 10.2. The van der Waals surface area contributed by atoms with Gasteiger partial charge in [0.1, 0.15) is 5.75 Å². The maximum absolute atomic E-state index is 12.1. The third-order valence-corrected chi connectivity index (χ3v) is 5.58. The van der Waals surface area contributed by atoms with E-state index < -0.39 is 10.0 Å². The summed E-state index contributed by atoms with van der Waals surface area (Å²) in [6, 6.07) is 11.1. The van der Waals surface area contributed by atoms with Crippen molar-refractivity contribution in [2.45, 2.75) is 11.4 Å². The molecule has 1 amide bonds. The molecule has 0 saturated carbocycles. The van der Waals surface area contributed by atoms with Crippen molar-refractivity contribution in [3.05, 3.63) is 58.1 Å². The van der Waals surface area contributed by atoms with Crippen LogP contribution in [0.15, 0.2) is 47.4 Å². The second-order valence-electron chi connectivity index (χ2n) is 5.67. The number of benzene rings is 2. The Hall–Kier alpha value is -1.84. The molecule has 2 aromatic rings. The van der Waals surface area contributed by atoms with Gasteiger partial charge in [0.2, 0.25) is 10.0 Å². The molecule has 0 unspecified atom stereocenters. The van der Waals surface area contributed by atoms with E-state index in [2.05, 4.69) is 10.0 Å². The smallest absolute Gasteiger partial charge is 0.258 e. The van der Waals surface area contributed by atoms with Gasteiger partial charge in [-0.15, -0.1) is 0 Å². The molecule has 28 heavy (non-hydrogen) atoms. The van der Waals surface area contributed by atoms with E-state index in [1.165, 1.54) is 25.3 Å². The molecule has 2 N–H and O–H groups in total. The SMILES string of the molecule is COCCNS(=O)(=O)c1ccc(OCC(=O)NCc2ccc(Cl)cc2)c(Cl)c1. The van der Waals surface area contributed by atoms with Crippen LogP contribution in [-0.4, -0.2) is 41.2 Å². The number of amides is 1. The van der Waals surface area contributed by atoms with Crippen LogP contribution < -0.4 is 14.8 Å². The summed E-state index contributed by atoms with van der Waals surface area (Å²) >= 11 is 11.9. The number of sulfonamides is 1. The lowest BCUT2D eigenvalue weighted by Crippen LogP contribution is -2.28. The highest BCUT2D eigenvalue weighted by atomic mass is 35.5. The van der Waals surface area contributed by atoms with Crippen LogP contribution in [0.2, 0.25) is 10.0 Å². The van der Waals surface area contributed by atoms with Crippen LogP contribution in [0, 0.1) is 0 Å². The van der Waals surface area contributed by atoms with Crippen molar-refractivity contribution in [1.29, 1.82) is 0 Å². The first kappa shape index (κ1) is 22.4. The molecule has 0 atom stereocenters. The molecule has 152 valence electrons. The number of carbonyl (C=O) groups is 1. The number of hydrogen-bond acceptors (Lipinski definition) is 5. The van der Waals surface area contributed by atoms with Gasteiger partial charge in [-0.2, -0.15) is 0 Å². The summed E-state index contributed by atoms with van der Waals surface area (Å²) in [4.78, 5) is 11.9. The van der Waals surface area contributed by atoms with E-state index in [1.54, 1.807) is 24.3 Å². The molecule has 2 rings (SSSR count). The highest BCUT2D eigenvalue weighted by molar-refractivity contribution is 7.89. The summed E-state index contributed by atoms with van der Waals surface area (Å²) in [6.45, 7) is 0.463. The monoisotopic (exact) mass is 446 g/mol. The Kier molecular flexibility index (Phi) is 8.53. The van der Waals surface area contributed by atoms with Crippen LogP contribution in [-0.2, 0) is 26.1 Å². The number of halogens is 2. The third-order valence-electron chi connectivity index (χ3n) is 3.57. The average molecular weight is 447 g/mol. The molecule has 0 aromatic heterocycles. The fourth-order valence-electron chi connectivity index (χ4n) is 2.12. The minimum atomic E-state index is -3.70. The second-order valence-corrected chi connectivity index (χ2v) is 8.29. The Morgan fingerprint density at radius 2 is 1.82 bits per heavy atom. The summed E-state index contributed by atoms with van der Waals surface area (Å²) in [5.74, 6) is -0.136. The van der Waals surface area contributed by atoms with Crippen LogP contribution in [0.1, 0.15) is 5.56 Å². The van der Waals surface area contributed by atoms with Gasteiger partial charge in [-0.25, -0.2) is 13.1 Å². The molecule has 0 fully saturated rings. The molecule has 0 aliphatic carbocycles. The molecule has 0 bridgehead atoms. The minimum Gasteiger partial charge on any atom is -0.482 e. The van der Waals surface area contributed by atoms with Crippen molar-refractivity contribution in [3.8, 4) is 5.75 Å². The third kappa shape index (κ3) is 6.96.